The van der Waals surface area contributed by atoms with Crippen molar-refractivity contribution in [1.82, 2.24) is 25.5 Å². The number of aromatic nitrogens is 4. The molecule has 0 spiro atoms. The molecule has 0 fully saturated rings. The van der Waals surface area contributed by atoms with Crippen LogP contribution in [0.3, 0.4) is 0 Å². The third kappa shape index (κ3) is 3.24. The lowest BCUT2D eigenvalue weighted by molar-refractivity contribution is 0.123. The first-order valence-electron chi connectivity index (χ1n) is 5.67. The van der Waals surface area contributed by atoms with E-state index in [2.05, 4.69) is 41.6 Å². The molecule has 0 radical (unpaired) electrons. The van der Waals surface area contributed by atoms with Crippen molar-refractivity contribution in [2.24, 2.45) is 5.92 Å². The summed E-state index contributed by atoms with van der Waals surface area (Å²) in [5.74, 6) is 1.29. The van der Waals surface area contributed by atoms with Crippen molar-refractivity contribution in [3.05, 3.63) is 5.82 Å². The van der Waals surface area contributed by atoms with Crippen molar-refractivity contribution in [3.8, 4) is 0 Å². The van der Waals surface area contributed by atoms with E-state index < -0.39 is 0 Å². The van der Waals surface area contributed by atoms with Crippen LogP contribution >= 0.6 is 0 Å². The van der Waals surface area contributed by atoms with Crippen molar-refractivity contribution in [2.45, 2.75) is 33.4 Å². The van der Waals surface area contributed by atoms with Gasteiger partial charge in [0.05, 0.1) is 19.2 Å². The lowest BCUT2D eigenvalue weighted by Crippen LogP contribution is -2.26. The second kappa shape index (κ2) is 6.55. The van der Waals surface area contributed by atoms with Gasteiger partial charge in [-0.2, -0.15) is 0 Å². The normalized spacial score (nSPS) is 13.3. The second-order valence-electron chi connectivity index (χ2n) is 4.09. The molecule has 1 heterocycles. The second-order valence-corrected chi connectivity index (χ2v) is 4.09. The molecule has 0 saturated heterocycles. The highest BCUT2D eigenvalue weighted by Crippen LogP contribution is 2.17. The minimum atomic E-state index is 0.189. The van der Waals surface area contributed by atoms with E-state index in [0.717, 1.165) is 12.4 Å². The fraction of sp³-hybridized carbons (Fsp3) is 0.900. The largest absolute Gasteiger partial charge is 0.382 e. The smallest absolute Gasteiger partial charge is 0.165 e. The maximum Gasteiger partial charge on any atom is 0.165 e. The molecule has 1 aromatic heterocycles. The van der Waals surface area contributed by atoms with Crippen LogP contribution in [0, 0.1) is 5.92 Å². The summed E-state index contributed by atoms with van der Waals surface area (Å²) in [6, 6.07) is 0.189. The van der Waals surface area contributed by atoms with Gasteiger partial charge in [0, 0.05) is 7.11 Å². The number of hydrogen-bond donors (Lipinski definition) is 1. The number of hydrogen-bond acceptors (Lipinski definition) is 5. The maximum atomic E-state index is 5.21. The molecule has 0 saturated carbocycles. The van der Waals surface area contributed by atoms with Crippen LogP contribution in [0.4, 0.5) is 0 Å². The first kappa shape index (κ1) is 13.1. The van der Waals surface area contributed by atoms with Gasteiger partial charge in [0.25, 0.3) is 0 Å². The molecular formula is C10H21N5O. The number of rotatable bonds is 7. The Kier molecular flexibility index (Phi) is 5.34. The molecule has 0 aliphatic heterocycles. The minimum Gasteiger partial charge on any atom is -0.382 e. The average molecular weight is 227 g/mol. The van der Waals surface area contributed by atoms with E-state index in [1.807, 2.05) is 4.68 Å². The lowest BCUT2D eigenvalue weighted by Gasteiger charge is -2.21. The SMILES string of the molecule is CCNCc1nnnn1C(COC)C(C)C. The zero-order chi connectivity index (χ0) is 12.0. The zero-order valence-corrected chi connectivity index (χ0v) is 10.5. The van der Waals surface area contributed by atoms with Gasteiger partial charge >= 0.3 is 0 Å². The summed E-state index contributed by atoms with van der Waals surface area (Å²) in [6.07, 6.45) is 0. The van der Waals surface area contributed by atoms with E-state index in [0.29, 0.717) is 19.1 Å². The van der Waals surface area contributed by atoms with E-state index >= 15 is 0 Å². The van der Waals surface area contributed by atoms with Crippen molar-refractivity contribution in [2.75, 3.05) is 20.3 Å². The van der Waals surface area contributed by atoms with E-state index in [9.17, 15) is 0 Å². The van der Waals surface area contributed by atoms with Crippen LogP contribution in [-0.2, 0) is 11.3 Å². The Bertz CT molecular complexity index is 299. The van der Waals surface area contributed by atoms with E-state index in [4.69, 9.17) is 4.74 Å². The number of ether oxygens (including phenoxy) is 1. The quantitative estimate of drug-likeness (QED) is 0.740. The van der Waals surface area contributed by atoms with Crippen LogP contribution in [0.5, 0.6) is 0 Å². The number of methoxy groups -OCH3 is 1. The molecule has 6 nitrogen and oxygen atoms in total. The van der Waals surface area contributed by atoms with Crippen molar-refractivity contribution < 1.29 is 4.74 Å². The molecule has 0 aliphatic carbocycles. The van der Waals surface area contributed by atoms with Gasteiger partial charge < -0.3 is 10.1 Å². The summed E-state index contributed by atoms with van der Waals surface area (Å²) < 4.78 is 7.07. The molecule has 0 aromatic carbocycles. The molecule has 0 bridgehead atoms. The van der Waals surface area contributed by atoms with Crippen LogP contribution in [0.25, 0.3) is 0 Å². The highest BCUT2D eigenvalue weighted by atomic mass is 16.5. The molecule has 1 atom stereocenters. The summed E-state index contributed by atoms with van der Waals surface area (Å²) >= 11 is 0. The van der Waals surface area contributed by atoms with Crippen LogP contribution in [-0.4, -0.2) is 40.5 Å². The van der Waals surface area contributed by atoms with Crippen molar-refractivity contribution in [1.29, 1.82) is 0 Å². The standard InChI is InChI=1S/C10H21N5O/c1-5-11-6-10-12-13-14-15(10)9(7-16-4)8(2)3/h8-9,11H,5-7H2,1-4H3. The molecule has 6 heteroatoms. The van der Waals surface area contributed by atoms with Crippen molar-refractivity contribution >= 4 is 0 Å². The van der Waals surface area contributed by atoms with Crippen molar-refractivity contribution in [3.63, 3.8) is 0 Å². The van der Waals surface area contributed by atoms with Crippen LogP contribution in [0.1, 0.15) is 32.6 Å². The topological polar surface area (TPSA) is 64.9 Å². The van der Waals surface area contributed by atoms with Gasteiger partial charge in [-0.25, -0.2) is 4.68 Å². The van der Waals surface area contributed by atoms with Gasteiger partial charge in [0.1, 0.15) is 0 Å². The van der Waals surface area contributed by atoms with Crippen LogP contribution in [0.2, 0.25) is 0 Å². The van der Waals surface area contributed by atoms with Crippen LogP contribution in [0.15, 0.2) is 0 Å². The Labute approximate surface area is 96.4 Å². The highest BCUT2D eigenvalue weighted by Gasteiger charge is 2.20. The summed E-state index contributed by atoms with van der Waals surface area (Å²) in [5, 5.41) is 15.0. The summed E-state index contributed by atoms with van der Waals surface area (Å²) in [4.78, 5) is 0. The fourth-order valence-corrected chi connectivity index (χ4v) is 1.54. The monoisotopic (exact) mass is 227 g/mol. The Balaban J connectivity index is 2.78. The number of tetrazole rings is 1. The number of nitrogens with one attached hydrogen (secondary N) is 1. The zero-order valence-electron chi connectivity index (χ0n) is 10.5. The Morgan fingerprint density at radius 3 is 2.75 bits per heavy atom. The van der Waals surface area contributed by atoms with E-state index in [1.165, 1.54) is 0 Å². The maximum absolute atomic E-state index is 5.21. The third-order valence-corrected chi connectivity index (χ3v) is 2.52. The first-order chi connectivity index (χ1) is 7.70. The van der Waals surface area contributed by atoms with Crippen LogP contribution < -0.4 is 5.32 Å². The molecule has 1 unspecified atom stereocenters. The molecule has 0 aliphatic rings. The first-order valence-corrected chi connectivity index (χ1v) is 5.67. The van der Waals surface area contributed by atoms with Gasteiger partial charge in [-0.1, -0.05) is 20.8 Å². The Hall–Kier alpha value is -1.01. The van der Waals surface area contributed by atoms with Gasteiger partial charge in [-0.3, -0.25) is 0 Å². The summed E-state index contributed by atoms with van der Waals surface area (Å²) in [6.45, 7) is 8.57. The number of nitrogens with zero attached hydrogens (tertiary/aromatic N) is 4. The predicted octanol–water partition coefficient (Wildman–Crippen LogP) is 0.626. The highest BCUT2D eigenvalue weighted by molar-refractivity contribution is 4.85. The van der Waals surface area contributed by atoms with E-state index in [-0.39, 0.29) is 6.04 Å². The molecule has 92 valence electrons. The Morgan fingerprint density at radius 2 is 2.19 bits per heavy atom. The lowest BCUT2D eigenvalue weighted by atomic mass is 10.1. The molecule has 1 rings (SSSR count). The molecule has 16 heavy (non-hydrogen) atoms. The van der Waals surface area contributed by atoms with Gasteiger partial charge in [-0.15, -0.1) is 5.10 Å². The third-order valence-electron chi connectivity index (χ3n) is 2.52. The average Bonchev–Trinajstić information content (AvgIpc) is 2.70. The molecule has 0 amide bonds. The van der Waals surface area contributed by atoms with Gasteiger partial charge in [-0.05, 0) is 22.9 Å². The molecular weight excluding hydrogens is 206 g/mol. The molecule has 1 N–H and O–H groups in total. The van der Waals surface area contributed by atoms with Gasteiger partial charge in [0.15, 0.2) is 5.82 Å². The summed E-state index contributed by atoms with van der Waals surface area (Å²) in [7, 11) is 1.70. The van der Waals surface area contributed by atoms with Gasteiger partial charge in [0.2, 0.25) is 0 Å². The van der Waals surface area contributed by atoms with E-state index in [1.54, 1.807) is 7.11 Å². The predicted molar refractivity (Wildman–Crippen MR) is 60.9 cm³/mol. The fourth-order valence-electron chi connectivity index (χ4n) is 1.54. The Morgan fingerprint density at radius 1 is 1.44 bits per heavy atom. The summed E-state index contributed by atoms with van der Waals surface area (Å²) in [5.41, 5.74) is 0. The molecule has 1 aromatic rings. The minimum absolute atomic E-state index is 0.189.